The number of rotatable bonds is 9. The molecule has 1 aromatic carbocycles. The maximum Gasteiger partial charge on any atom is 0.410 e. The van der Waals surface area contributed by atoms with Crippen LogP contribution in [0, 0.1) is 5.92 Å². The monoisotopic (exact) mass is 636 g/mol. The van der Waals surface area contributed by atoms with Crippen LogP contribution in [0.1, 0.15) is 64.4 Å². The van der Waals surface area contributed by atoms with E-state index in [1.54, 1.807) is 40.3 Å². The van der Waals surface area contributed by atoms with Crippen LogP contribution in [-0.4, -0.2) is 84.9 Å². The first-order valence-corrected chi connectivity index (χ1v) is 17.9. The van der Waals surface area contributed by atoms with Crippen molar-refractivity contribution in [1.82, 2.24) is 14.8 Å². The van der Waals surface area contributed by atoms with Gasteiger partial charge in [0, 0.05) is 32.4 Å². The lowest BCUT2D eigenvalue weighted by molar-refractivity contribution is -0.130. The maximum atomic E-state index is 13.4. The van der Waals surface area contributed by atoms with E-state index < -0.39 is 21.4 Å². The van der Waals surface area contributed by atoms with Crippen molar-refractivity contribution in [2.75, 3.05) is 43.5 Å². The van der Waals surface area contributed by atoms with Crippen molar-refractivity contribution in [3.05, 3.63) is 36.0 Å². The summed E-state index contributed by atoms with van der Waals surface area (Å²) >= 11 is 2.69. The number of aromatic nitrogens is 1. The van der Waals surface area contributed by atoms with E-state index in [-0.39, 0.29) is 28.6 Å². The lowest BCUT2D eigenvalue weighted by atomic mass is 9.87. The van der Waals surface area contributed by atoms with Crippen molar-refractivity contribution in [3.63, 3.8) is 0 Å². The highest BCUT2D eigenvalue weighted by molar-refractivity contribution is 8.01. The second-order valence-electron chi connectivity index (χ2n) is 11.9. The summed E-state index contributed by atoms with van der Waals surface area (Å²) in [5.41, 5.74) is 0.228. The predicted molar refractivity (Wildman–Crippen MR) is 165 cm³/mol. The molecule has 0 spiro atoms. The Balaban J connectivity index is 1.31. The molecule has 1 atom stereocenters. The molecule has 2 fully saturated rings. The summed E-state index contributed by atoms with van der Waals surface area (Å²) in [4.78, 5) is 46.5. The molecule has 1 aliphatic heterocycles. The van der Waals surface area contributed by atoms with Crippen molar-refractivity contribution >= 4 is 56.0 Å². The van der Waals surface area contributed by atoms with E-state index in [9.17, 15) is 22.8 Å². The Labute approximate surface area is 256 Å². The smallest absolute Gasteiger partial charge is 0.410 e. The van der Waals surface area contributed by atoms with Crippen molar-refractivity contribution in [1.29, 1.82) is 0 Å². The van der Waals surface area contributed by atoms with Crippen LogP contribution in [0.3, 0.4) is 0 Å². The van der Waals surface area contributed by atoms with Gasteiger partial charge in [0.05, 0.1) is 27.0 Å². The molecule has 0 radical (unpaired) electrons. The number of hydrogen-bond donors (Lipinski definition) is 1. The number of benzene rings is 1. The van der Waals surface area contributed by atoms with E-state index >= 15 is 0 Å². The molecule has 3 amide bonds. The Kier molecular flexibility index (Phi) is 10.6. The highest BCUT2D eigenvalue weighted by Crippen LogP contribution is 2.36. The highest BCUT2D eigenvalue weighted by atomic mass is 32.2. The minimum atomic E-state index is -3.32. The number of piperazine rings is 1. The van der Waals surface area contributed by atoms with Gasteiger partial charge in [0.2, 0.25) is 11.8 Å². The molecule has 10 nitrogen and oxygen atoms in total. The van der Waals surface area contributed by atoms with Gasteiger partial charge in [-0.3, -0.25) is 9.59 Å². The van der Waals surface area contributed by atoms with Crippen molar-refractivity contribution in [3.8, 4) is 0 Å². The van der Waals surface area contributed by atoms with E-state index in [0.717, 1.165) is 35.5 Å². The quantitative estimate of drug-likeness (QED) is 0.381. The van der Waals surface area contributed by atoms with Crippen LogP contribution in [0.4, 0.5) is 9.93 Å². The largest absolute Gasteiger partial charge is 0.444 e. The average Bonchev–Trinajstić information content (AvgIpc) is 3.61. The number of sulfone groups is 1. The summed E-state index contributed by atoms with van der Waals surface area (Å²) in [7, 11) is -3.32. The minimum absolute atomic E-state index is 0.0167. The van der Waals surface area contributed by atoms with Crippen LogP contribution in [-0.2, 0) is 24.2 Å². The van der Waals surface area contributed by atoms with Gasteiger partial charge >= 0.3 is 6.09 Å². The molecule has 1 aromatic heterocycles. The summed E-state index contributed by atoms with van der Waals surface area (Å²) in [6.07, 6.45) is 7.68. The zero-order valence-corrected chi connectivity index (χ0v) is 27.1. The Bertz CT molecular complexity index is 1360. The predicted octanol–water partition coefficient (Wildman–Crippen LogP) is 5.02. The van der Waals surface area contributed by atoms with Gasteiger partial charge < -0.3 is 19.9 Å². The SMILES string of the molecule is CC(C)(C)OC(=O)N1CCN(C(=O)CSc2cnc(NC(=O)[C@H](CC3CCCC3)c3ccc(S(C)(=O)=O)cc3)s2)CC1. The van der Waals surface area contributed by atoms with E-state index in [4.69, 9.17) is 4.74 Å². The third kappa shape index (κ3) is 9.18. The molecule has 1 N–H and O–H groups in total. The first-order valence-electron chi connectivity index (χ1n) is 14.2. The van der Waals surface area contributed by atoms with Gasteiger partial charge in [-0.2, -0.15) is 0 Å². The summed E-state index contributed by atoms with van der Waals surface area (Å²) in [5, 5.41) is 3.42. The van der Waals surface area contributed by atoms with Crippen molar-refractivity contribution in [2.24, 2.45) is 5.92 Å². The molecule has 0 unspecified atom stereocenters. The molecule has 230 valence electrons. The molecule has 42 heavy (non-hydrogen) atoms. The minimum Gasteiger partial charge on any atom is -0.444 e. The lowest BCUT2D eigenvalue weighted by Crippen LogP contribution is -2.52. The molecule has 2 aromatic rings. The fourth-order valence-corrected chi connectivity index (χ4v) is 7.59. The Morgan fingerprint density at radius 3 is 2.29 bits per heavy atom. The number of thiazole rings is 1. The number of hydrogen-bond acceptors (Lipinski definition) is 9. The highest BCUT2D eigenvalue weighted by Gasteiger charge is 2.29. The number of thioether (sulfide) groups is 1. The molecule has 4 rings (SSSR count). The first-order chi connectivity index (χ1) is 19.8. The molecule has 1 saturated heterocycles. The molecule has 1 aliphatic carbocycles. The van der Waals surface area contributed by atoms with Crippen LogP contribution in [0.25, 0.3) is 0 Å². The van der Waals surface area contributed by atoms with Gasteiger partial charge in [0.1, 0.15) is 5.60 Å². The molecular formula is C29H40N4O6S3. The van der Waals surface area contributed by atoms with Crippen LogP contribution in [0.2, 0.25) is 0 Å². The second kappa shape index (κ2) is 13.8. The fraction of sp³-hybridized carbons (Fsp3) is 0.586. The summed E-state index contributed by atoms with van der Waals surface area (Å²) in [6, 6.07) is 6.59. The normalized spacial score (nSPS) is 17.2. The molecular weight excluding hydrogens is 597 g/mol. The van der Waals surface area contributed by atoms with Gasteiger partial charge in [-0.25, -0.2) is 18.2 Å². The summed E-state index contributed by atoms with van der Waals surface area (Å²) in [5.74, 6) is 0.0900. The number of amides is 3. The number of anilines is 1. The van der Waals surface area contributed by atoms with Crippen LogP contribution < -0.4 is 5.32 Å². The van der Waals surface area contributed by atoms with Gasteiger partial charge in [0.15, 0.2) is 15.0 Å². The number of nitrogens with one attached hydrogen (secondary N) is 1. The second-order valence-corrected chi connectivity index (χ2v) is 16.2. The molecule has 0 bridgehead atoms. The molecule has 1 saturated carbocycles. The van der Waals surface area contributed by atoms with Crippen LogP contribution >= 0.6 is 23.1 Å². The van der Waals surface area contributed by atoms with Gasteiger partial charge in [-0.1, -0.05) is 49.2 Å². The number of carbonyl (C=O) groups is 3. The standard InChI is InChI=1S/C29H40N4O6S3/c1-29(2,3)39-28(36)33-15-13-32(14-16-33)24(34)19-40-25-18-30-27(41-25)31-26(35)23(17-20-7-5-6-8-20)21-9-11-22(12-10-21)42(4,37)38/h9-12,18,20,23H,5-8,13-17,19H2,1-4H3,(H,30,31,35)/t23-/m1/s1. The first kappa shape index (κ1) is 32.3. The third-order valence-electron chi connectivity index (χ3n) is 7.41. The van der Waals surface area contributed by atoms with Crippen LogP contribution in [0.15, 0.2) is 39.6 Å². The topological polar surface area (TPSA) is 126 Å². The van der Waals surface area contributed by atoms with E-state index in [1.807, 2.05) is 20.8 Å². The van der Waals surface area contributed by atoms with E-state index in [2.05, 4.69) is 10.3 Å². The molecule has 13 heteroatoms. The fourth-order valence-electron chi connectivity index (χ4n) is 5.19. The maximum absolute atomic E-state index is 13.4. The molecule has 2 heterocycles. The Morgan fingerprint density at radius 2 is 1.69 bits per heavy atom. The van der Waals surface area contributed by atoms with Crippen molar-refractivity contribution in [2.45, 2.75) is 73.5 Å². The Hall–Kier alpha value is -2.64. The number of ether oxygens (including phenoxy) is 1. The van der Waals surface area contributed by atoms with Gasteiger partial charge in [0.25, 0.3) is 0 Å². The van der Waals surface area contributed by atoms with Gasteiger partial charge in [-0.15, -0.1) is 11.8 Å². The van der Waals surface area contributed by atoms with Gasteiger partial charge in [-0.05, 0) is 50.8 Å². The van der Waals surface area contributed by atoms with E-state index in [0.29, 0.717) is 43.6 Å². The Morgan fingerprint density at radius 1 is 1.07 bits per heavy atom. The molecule has 2 aliphatic rings. The average molecular weight is 637 g/mol. The summed E-state index contributed by atoms with van der Waals surface area (Å²) in [6.45, 7) is 7.26. The van der Waals surface area contributed by atoms with Crippen molar-refractivity contribution < 1.29 is 27.5 Å². The zero-order chi connectivity index (χ0) is 30.5. The van der Waals surface area contributed by atoms with Crippen LogP contribution in [0.5, 0.6) is 0 Å². The lowest BCUT2D eigenvalue weighted by Gasteiger charge is -2.35. The number of carbonyl (C=O) groups excluding carboxylic acids is 3. The number of nitrogens with zero attached hydrogens (tertiary/aromatic N) is 3. The third-order valence-corrected chi connectivity index (χ3v) is 10.6. The zero-order valence-electron chi connectivity index (χ0n) is 24.6. The van der Waals surface area contributed by atoms with E-state index in [1.165, 1.54) is 29.4 Å². The summed E-state index contributed by atoms with van der Waals surface area (Å²) < 4.78 is 30.0.